The molecule has 0 saturated carbocycles. The molecule has 0 atom stereocenters. The number of ether oxygens (including phenoxy) is 1. The Kier molecular flexibility index (Phi) is 4.24. The van der Waals surface area contributed by atoms with Crippen LogP contribution in [0, 0.1) is 0 Å². The van der Waals surface area contributed by atoms with Gasteiger partial charge in [-0.05, 0) is 23.6 Å². The third-order valence-corrected chi connectivity index (χ3v) is 2.85. The van der Waals surface area contributed by atoms with Crippen molar-refractivity contribution >= 4 is 5.69 Å². The molecule has 0 saturated heterocycles. The molecule has 2 heteroatoms. The number of benzene rings is 2. The highest BCUT2D eigenvalue weighted by atomic mass is 16.5. The molecule has 0 bridgehead atoms. The summed E-state index contributed by atoms with van der Waals surface area (Å²) in [6.45, 7) is 2.75. The zero-order valence-corrected chi connectivity index (χ0v) is 10.7. The Morgan fingerprint density at radius 1 is 1.06 bits per heavy atom. The van der Waals surface area contributed by atoms with E-state index in [2.05, 4.69) is 25.1 Å². The Labute approximate surface area is 108 Å². The first-order chi connectivity index (χ1) is 8.79. The normalized spacial score (nSPS) is 10.3. The SMILES string of the molecule is CCCc1ccc(N)cc1OCc1ccccc1. The number of nitrogens with two attached hydrogens (primary N) is 1. The first-order valence-electron chi connectivity index (χ1n) is 6.34. The molecule has 0 aliphatic rings. The molecule has 2 rings (SSSR count). The summed E-state index contributed by atoms with van der Waals surface area (Å²) in [4.78, 5) is 0. The summed E-state index contributed by atoms with van der Waals surface area (Å²) < 4.78 is 5.88. The van der Waals surface area contributed by atoms with Crippen molar-refractivity contribution in [2.75, 3.05) is 5.73 Å². The second kappa shape index (κ2) is 6.10. The van der Waals surface area contributed by atoms with Gasteiger partial charge in [-0.15, -0.1) is 0 Å². The third-order valence-electron chi connectivity index (χ3n) is 2.85. The summed E-state index contributed by atoms with van der Waals surface area (Å²) in [5.74, 6) is 0.903. The Morgan fingerprint density at radius 3 is 2.56 bits per heavy atom. The monoisotopic (exact) mass is 241 g/mol. The zero-order chi connectivity index (χ0) is 12.8. The highest BCUT2D eigenvalue weighted by molar-refractivity contribution is 5.48. The van der Waals surface area contributed by atoms with E-state index in [0.717, 1.165) is 24.3 Å². The van der Waals surface area contributed by atoms with E-state index in [4.69, 9.17) is 10.5 Å². The number of nitrogen functional groups attached to an aromatic ring is 1. The van der Waals surface area contributed by atoms with Crippen LogP contribution >= 0.6 is 0 Å². The summed E-state index contributed by atoms with van der Waals surface area (Å²) in [6, 6.07) is 16.1. The van der Waals surface area contributed by atoms with Crippen LogP contribution in [-0.2, 0) is 13.0 Å². The molecule has 0 heterocycles. The van der Waals surface area contributed by atoms with Gasteiger partial charge in [-0.25, -0.2) is 0 Å². The fourth-order valence-electron chi connectivity index (χ4n) is 1.92. The van der Waals surface area contributed by atoms with Crippen molar-refractivity contribution in [1.82, 2.24) is 0 Å². The van der Waals surface area contributed by atoms with Crippen molar-refractivity contribution in [2.24, 2.45) is 0 Å². The van der Waals surface area contributed by atoms with E-state index < -0.39 is 0 Å². The summed E-state index contributed by atoms with van der Waals surface area (Å²) in [5, 5.41) is 0. The molecule has 2 N–H and O–H groups in total. The average molecular weight is 241 g/mol. The molecule has 18 heavy (non-hydrogen) atoms. The number of hydrogen-bond acceptors (Lipinski definition) is 2. The van der Waals surface area contributed by atoms with Crippen molar-refractivity contribution in [2.45, 2.75) is 26.4 Å². The summed E-state index contributed by atoms with van der Waals surface area (Å²) in [5.41, 5.74) is 8.95. The smallest absolute Gasteiger partial charge is 0.125 e. The Bertz CT molecular complexity index is 494. The van der Waals surface area contributed by atoms with Gasteiger partial charge in [-0.2, -0.15) is 0 Å². The van der Waals surface area contributed by atoms with Gasteiger partial charge >= 0.3 is 0 Å². The highest BCUT2D eigenvalue weighted by Gasteiger charge is 2.04. The van der Waals surface area contributed by atoms with Gasteiger partial charge in [0.1, 0.15) is 12.4 Å². The molecular formula is C16H19NO. The molecule has 0 aromatic heterocycles. The molecule has 0 amide bonds. The van der Waals surface area contributed by atoms with Gasteiger partial charge < -0.3 is 10.5 Å². The Morgan fingerprint density at radius 2 is 1.83 bits per heavy atom. The predicted octanol–water partition coefficient (Wildman–Crippen LogP) is 3.80. The Balaban J connectivity index is 2.10. The molecular weight excluding hydrogens is 222 g/mol. The number of anilines is 1. The van der Waals surface area contributed by atoms with Gasteiger partial charge in [0.15, 0.2) is 0 Å². The molecule has 0 aliphatic heterocycles. The van der Waals surface area contributed by atoms with Crippen molar-refractivity contribution in [3.63, 3.8) is 0 Å². The van der Waals surface area contributed by atoms with Crippen LogP contribution in [0.5, 0.6) is 5.75 Å². The second-order valence-electron chi connectivity index (χ2n) is 4.39. The maximum atomic E-state index is 5.88. The molecule has 0 spiro atoms. The molecule has 2 aromatic rings. The van der Waals surface area contributed by atoms with Crippen LogP contribution in [0.15, 0.2) is 48.5 Å². The molecule has 94 valence electrons. The van der Waals surface area contributed by atoms with Crippen LogP contribution < -0.4 is 10.5 Å². The highest BCUT2D eigenvalue weighted by Crippen LogP contribution is 2.24. The van der Waals surface area contributed by atoms with Crippen molar-refractivity contribution in [3.8, 4) is 5.75 Å². The van der Waals surface area contributed by atoms with E-state index >= 15 is 0 Å². The van der Waals surface area contributed by atoms with E-state index in [9.17, 15) is 0 Å². The summed E-state index contributed by atoms with van der Waals surface area (Å²) >= 11 is 0. The number of hydrogen-bond donors (Lipinski definition) is 1. The Hall–Kier alpha value is -1.96. The minimum Gasteiger partial charge on any atom is -0.489 e. The van der Waals surface area contributed by atoms with Crippen LogP contribution in [0.1, 0.15) is 24.5 Å². The fourth-order valence-corrected chi connectivity index (χ4v) is 1.92. The van der Waals surface area contributed by atoms with Crippen LogP contribution in [-0.4, -0.2) is 0 Å². The standard InChI is InChI=1S/C16H19NO/c1-2-6-14-9-10-15(17)11-16(14)18-12-13-7-4-3-5-8-13/h3-5,7-11H,2,6,12,17H2,1H3. The van der Waals surface area contributed by atoms with Gasteiger partial charge in [-0.3, -0.25) is 0 Å². The predicted molar refractivity (Wildman–Crippen MR) is 75.6 cm³/mol. The molecule has 2 nitrogen and oxygen atoms in total. The maximum Gasteiger partial charge on any atom is 0.125 e. The lowest BCUT2D eigenvalue weighted by Gasteiger charge is -2.12. The molecule has 0 fully saturated rings. The van der Waals surface area contributed by atoms with Gasteiger partial charge in [0.25, 0.3) is 0 Å². The van der Waals surface area contributed by atoms with E-state index in [1.165, 1.54) is 11.1 Å². The summed E-state index contributed by atoms with van der Waals surface area (Å²) in [7, 11) is 0. The zero-order valence-electron chi connectivity index (χ0n) is 10.7. The molecule has 0 radical (unpaired) electrons. The number of rotatable bonds is 5. The minimum absolute atomic E-state index is 0.584. The van der Waals surface area contributed by atoms with Crippen LogP contribution in [0.3, 0.4) is 0 Å². The molecule has 0 unspecified atom stereocenters. The van der Waals surface area contributed by atoms with Gasteiger partial charge in [0.2, 0.25) is 0 Å². The van der Waals surface area contributed by atoms with Crippen molar-refractivity contribution in [1.29, 1.82) is 0 Å². The van der Waals surface area contributed by atoms with E-state index in [1.807, 2.05) is 30.3 Å². The quantitative estimate of drug-likeness (QED) is 0.808. The van der Waals surface area contributed by atoms with Gasteiger partial charge in [0, 0.05) is 11.8 Å². The lowest BCUT2D eigenvalue weighted by atomic mass is 10.1. The van der Waals surface area contributed by atoms with Crippen LogP contribution in [0.25, 0.3) is 0 Å². The lowest BCUT2D eigenvalue weighted by Crippen LogP contribution is -1.99. The fraction of sp³-hybridized carbons (Fsp3) is 0.250. The van der Waals surface area contributed by atoms with Crippen LogP contribution in [0.2, 0.25) is 0 Å². The number of aryl methyl sites for hydroxylation is 1. The topological polar surface area (TPSA) is 35.2 Å². The lowest BCUT2D eigenvalue weighted by molar-refractivity contribution is 0.303. The van der Waals surface area contributed by atoms with E-state index in [0.29, 0.717) is 6.61 Å². The molecule has 2 aromatic carbocycles. The summed E-state index contributed by atoms with van der Waals surface area (Å²) in [6.07, 6.45) is 2.12. The van der Waals surface area contributed by atoms with Gasteiger partial charge in [0.05, 0.1) is 0 Å². The first kappa shape index (κ1) is 12.5. The first-order valence-corrected chi connectivity index (χ1v) is 6.34. The largest absolute Gasteiger partial charge is 0.489 e. The molecule has 0 aliphatic carbocycles. The maximum absolute atomic E-state index is 5.88. The second-order valence-corrected chi connectivity index (χ2v) is 4.39. The van der Waals surface area contributed by atoms with E-state index in [1.54, 1.807) is 0 Å². The van der Waals surface area contributed by atoms with Gasteiger partial charge in [-0.1, -0.05) is 49.7 Å². The van der Waals surface area contributed by atoms with Crippen LogP contribution in [0.4, 0.5) is 5.69 Å². The minimum atomic E-state index is 0.584. The van der Waals surface area contributed by atoms with E-state index in [-0.39, 0.29) is 0 Å². The third kappa shape index (κ3) is 3.27. The van der Waals surface area contributed by atoms with Crippen molar-refractivity contribution in [3.05, 3.63) is 59.7 Å². The average Bonchev–Trinajstić information content (AvgIpc) is 2.40. The van der Waals surface area contributed by atoms with Crippen molar-refractivity contribution < 1.29 is 4.74 Å².